The Hall–Kier alpha value is -4.53. The van der Waals surface area contributed by atoms with Gasteiger partial charge in [0.15, 0.2) is 0 Å². The molecule has 1 aliphatic heterocycles. The first-order chi connectivity index (χ1) is 17.2. The van der Waals surface area contributed by atoms with Crippen LogP contribution in [0.15, 0.2) is 78.9 Å². The molecule has 0 saturated carbocycles. The number of hydrogen-bond donors (Lipinski definition) is 3. The summed E-state index contributed by atoms with van der Waals surface area (Å²) in [6.45, 7) is 2.79. The number of benzene rings is 3. The molecule has 36 heavy (non-hydrogen) atoms. The van der Waals surface area contributed by atoms with E-state index in [1.165, 1.54) is 31.2 Å². The molecule has 0 radical (unpaired) electrons. The van der Waals surface area contributed by atoms with Crippen molar-refractivity contribution in [1.29, 1.82) is 0 Å². The number of anilines is 1. The summed E-state index contributed by atoms with van der Waals surface area (Å²) in [6, 6.07) is 20.1. The highest BCUT2D eigenvalue weighted by atomic mass is 19.1. The summed E-state index contributed by atoms with van der Waals surface area (Å²) >= 11 is 0. The van der Waals surface area contributed by atoms with Gasteiger partial charge in [-0.15, -0.1) is 0 Å². The SMILES string of the molecule is C[C@H](NC(=O)c1ccccc1NC(=O)CN1C(=O)N[C@](C)(c2ccc(F)cc2)C1=O)c1ccccc1. The predicted octanol–water partition coefficient (Wildman–Crippen LogP) is 3.72. The van der Waals surface area contributed by atoms with Crippen molar-refractivity contribution in [3.8, 4) is 0 Å². The third-order valence-corrected chi connectivity index (χ3v) is 6.09. The van der Waals surface area contributed by atoms with Crippen LogP contribution >= 0.6 is 0 Å². The fourth-order valence-corrected chi connectivity index (χ4v) is 4.04. The van der Waals surface area contributed by atoms with E-state index >= 15 is 0 Å². The van der Waals surface area contributed by atoms with E-state index in [1.807, 2.05) is 37.3 Å². The van der Waals surface area contributed by atoms with Gasteiger partial charge in [-0.2, -0.15) is 0 Å². The van der Waals surface area contributed by atoms with Crippen molar-refractivity contribution in [2.24, 2.45) is 0 Å². The van der Waals surface area contributed by atoms with Crippen LogP contribution in [0.5, 0.6) is 0 Å². The molecule has 0 aromatic heterocycles. The van der Waals surface area contributed by atoms with Gasteiger partial charge in [-0.1, -0.05) is 54.6 Å². The number of nitrogens with one attached hydrogen (secondary N) is 3. The second-order valence-corrected chi connectivity index (χ2v) is 8.65. The Morgan fingerprint density at radius 2 is 1.61 bits per heavy atom. The lowest BCUT2D eigenvalue weighted by molar-refractivity contribution is -0.133. The number of amides is 5. The van der Waals surface area contributed by atoms with Crippen molar-refractivity contribution >= 4 is 29.4 Å². The number of carbonyl (C=O) groups excluding carboxylic acids is 4. The van der Waals surface area contributed by atoms with Crippen molar-refractivity contribution < 1.29 is 23.6 Å². The Kier molecular flexibility index (Phi) is 6.82. The lowest BCUT2D eigenvalue weighted by Gasteiger charge is -2.22. The Morgan fingerprint density at radius 3 is 2.31 bits per heavy atom. The van der Waals surface area contributed by atoms with Gasteiger partial charge in [0.2, 0.25) is 5.91 Å². The van der Waals surface area contributed by atoms with Gasteiger partial charge in [0.1, 0.15) is 17.9 Å². The molecule has 0 bridgehead atoms. The second kappa shape index (κ2) is 9.99. The van der Waals surface area contributed by atoms with Gasteiger partial charge in [0, 0.05) is 0 Å². The molecule has 8 nitrogen and oxygen atoms in total. The Balaban J connectivity index is 1.45. The van der Waals surface area contributed by atoms with Crippen LogP contribution in [0.4, 0.5) is 14.9 Å². The van der Waals surface area contributed by atoms with Crippen molar-refractivity contribution in [1.82, 2.24) is 15.5 Å². The van der Waals surface area contributed by atoms with E-state index in [0.717, 1.165) is 10.5 Å². The molecule has 4 rings (SSSR count). The van der Waals surface area contributed by atoms with E-state index in [1.54, 1.807) is 24.3 Å². The van der Waals surface area contributed by atoms with Gasteiger partial charge >= 0.3 is 6.03 Å². The fraction of sp³-hybridized carbons (Fsp3) is 0.185. The van der Waals surface area contributed by atoms with Crippen LogP contribution in [0.25, 0.3) is 0 Å². The average Bonchev–Trinajstić information content (AvgIpc) is 3.08. The number of hydrogen-bond acceptors (Lipinski definition) is 4. The van der Waals surface area contributed by atoms with Crippen LogP contribution < -0.4 is 16.0 Å². The lowest BCUT2D eigenvalue weighted by Crippen LogP contribution is -2.42. The van der Waals surface area contributed by atoms with Crippen molar-refractivity contribution in [2.75, 3.05) is 11.9 Å². The Bertz CT molecular complexity index is 1310. The number of carbonyl (C=O) groups is 4. The molecular weight excluding hydrogens is 463 g/mol. The maximum absolute atomic E-state index is 13.3. The summed E-state index contributed by atoms with van der Waals surface area (Å²) in [7, 11) is 0. The highest BCUT2D eigenvalue weighted by molar-refractivity contribution is 6.11. The van der Waals surface area contributed by atoms with Gasteiger partial charge in [-0.3, -0.25) is 19.3 Å². The molecule has 3 aromatic carbocycles. The van der Waals surface area contributed by atoms with Crippen LogP contribution in [0, 0.1) is 5.82 Å². The normalized spacial score (nSPS) is 17.9. The molecule has 1 heterocycles. The van der Waals surface area contributed by atoms with Crippen molar-refractivity contribution in [2.45, 2.75) is 25.4 Å². The summed E-state index contributed by atoms with van der Waals surface area (Å²) in [5.74, 6) is -2.16. The number of para-hydroxylation sites is 1. The minimum atomic E-state index is -1.43. The molecule has 1 fully saturated rings. The van der Waals surface area contributed by atoms with Crippen LogP contribution in [0.2, 0.25) is 0 Å². The van der Waals surface area contributed by atoms with Gasteiger partial charge in [-0.25, -0.2) is 9.18 Å². The third-order valence-electron chi connectivity index (χ3n) is 6.09. The number of nitrogens with zero attached hydrogens (tertiary/aromatic N) is 1. The van der Waals surface area contributed by atoms with E-state index in [-0.39, 0.29) is 23.2 Å². The first kappa shape index (κ1) is 24.6. The standard InChI is InChI=1S/C27H25FN4O4/c1-17(18-8-4-3-5-9-18)29-24(34)21-10-6-7-11-22(21)30-23(33)16-32-25(35)27(2,31-26(32)36)19-12-14-20(28)15-13-19/h3-15,17H,16H2,1-2H3,(H,29,34)(H,30,33)(H,31,36)/t17-,27+/m0/s1. The first-order valence-electron chi connectivity index (χ1n) is 11.3. The van der Waals surface area contributed by atoms with Crippen LogP contribution in [0.1, 0.15) is 41.4 Å². The number of rotatable bonds is 7. The third kappa shape index (κ3) is 4.95. The number of urea groups is 1. The highest BCUT2D eigenvalue weighted by Crippen LogP contribution is 2.29. The molecule has 3 N–H and O–H groups in total. The molecule has 1 saturated heterocycles. The molecule has 0 spiro atoms. The zero-order valence-corrected chi connectivity index (χ0v) is 19.7. The van der Waals surface area contributed by atoms with Gasteiger partial charge < -0.3 is 16.0 Å². The minimum absolute atomic E-state index is 0.238. The van der Waals surface area contributed by atoms with E-state index in [9.17, 15) is 23.6 Å². The van der Waals surface area contributed by atoms with Gasteiger partial charge in [0.05, 0.1) is 17.3 Å². The molecule has 184 valence electrons. The van der Waals surface area contributed by atoms with Gasteiger partial charge in [-0.05, 0) is 49.2 Å². The zero-order valence-electron chi connectivity index (χ0n) is 19.7. The average molecular weight is 489 g/mol. The maximum Gasteiger partial charge on any atom is 0.325 e. The van der Waals surface area contributed by atoms with Crippen LogP contribution in [-0.2, 0) is 15.1 Å². The summed E-state index contributed by atoms with van der Waals surface area (Å²) < 4.78 is 13.3. The molecule has 0 aliphatic carbocycles. The van der Waals surface area contributed by atoms with E-state index in [2.05, 4.69) is 16.0 Å². The lowest BCUT2D eigenvalue weighted by atomic mass is 9.92. The maximum atomic E-state index is 13.3. The molecule has 2 atom stereocenters. The molecule has 1 aliphatic rings. The van der Waals surface area contributed by atoms with E-state index < -0.39 is 35.7 Å². The van der Waals surface area contributed by atoms with Crippen molar-refractivity contribution in [3.05, 3.63) is 101 Å². The molecule has 9 heteroatoms. The predicted molar refractivity (Wildman–Crippen MR) is 131 cm³/mol. The smallest absolute Gasteiger partial charge is 0.325 e. The van der Waals surface area contributed by atoms with E-state index in [4.69, 9.17) is 0 Å². The molecule has 0 unspecified atom stereocenters. The topological polar surface area (TPSA) is 108 Å². The number of halogens is 1. The van der Waals surface area contributed by atoms with Gasteiger partial charge in [0.25, 0.3) is 11.8 Å². The largest absolute Gasteiger partial charge is 0.345 e. The summed E-state index contributed by atoms with van der Waals surface area (Å²) in [6.07, 6.45) is 0. The Labute approximate surface area is 207 Å². The molecule has 3 aromatic rings. The zero-order chi connectivity index (χ0) is 25.9. The summed E-state index contributed by atoms with van der Waals surface area (Å²) in [4.78, 5) is 52.1. The van der Waals surface area contributed by atoms with E-state index in [0.29, 0.717) is 5.56 Å². The number of imide groups is 1. The fourth-order valence-electron chi connectivity index (χ4n) is 4.04. The molecule has 5 amide bonds. The Morgan fingerprint density at radius 1 is 0.972 bits per heavy atom. The monoisotopic (exact) mass is 488 g/mol. The van der Waals surface area contributed by atoms with Crippen LogP contribution in [-0.4, -0.2) is 35.2 Å². The summed E-state index contributed by atoms with van der Waals surface area (Å²) in [5, 5.41) is 8.10. The minimum Gasteiger partial charge on any atom is -0.345 e. The second-order valence-electron chi connectivity index (χ2n) is 8.65. The van der Waals surface area contributed by atoms with Crippen LogP contribution in [0.3, 0.4) is 0 Å². The summed E-state index contributed by atoms with van der Waals surface area (Å²) in [5.41, 5.74) is 0.363. The van der Waals surface area contributed by atoms with Crippen molar-refractivity contribution in [3.63, 3.8) is 0 Å². The quantitative estimate of drug-likeness (QED) is 0.441. The first-order valence-corrected chi connectivity index (χ1v) is 11.3. The highest BCUT2D eigenvalue weighted by Gasteiger charge is 2.49. The molecular formula is C27H25FN4O4.